The number of hydrogen-bond donors (Lipinski definition) is 2. The molecule has 0 aliphatic carbocycles. The van der Waals surface area contributed by atoms with E-state index in [0.29, 0.717) is 6.61 Å². The molecule has 0 amide bonds. The van der Waals surface area contributed by atoms with Gasteiger partial charge in [-0.15, -0.1) is 0 Å². The van der Waals surface area contributed by atoms with Crippen molar-refractivity contribution in [2.75, 3.05) is 13.4 Å². The zero-order valence-corrected chi connectivity index (χ0v) is 32.0. The molecule has 1 atom stereocenters. The fourth-order valence-corrected chi connectivity index (χ4v) is 5.78. The second-order valence-electron chi connectivity index (χ2n) is 12.4. The first-order valence-corrected chi connectivity index (χ1v) is 18.2. The SMILES string of the molecule is CC.CC(C)C.CCCC(C)CCc1ccc(C(CC)(CC)c2ccc(-c3ccc(CONOC)cc3)c(C)c2)cc1C.CS. The summed E-state index contributed by atoms with van der Waals surface area (Å²) in [6.07, 6.45) is 8.92. The highest BCUT2D eigenvalue weighted by Crippen LogP contribution is 2.41. The van der Waals surface area contributed by atoms with E-state index in [0.717, 1.165) is 30.2 Å². The van der Waals surface area contributed by atoms with E-state index in [2.05, 4.69) is 141 Å². The third-order valence-corrected chi connectivity index (χ3v) is 8.22. The minimum atomic E-state index is 0.0254. The van der Waals surface area contributed by atoms with Crippen LogP contribution in [0.2, 0.25) is 0 Å². The van der Waals surface area contributed by atoms with Crippen molar-refractivity contribution < 1.29 is 9.68 Å². The van der Waals surface area contributed by atoms with Gasteiger partial charge in [0.15, 0.2) is 0 Å². The Morgan fingerprint density at radius 1 is 0.756 bits per heavy atom. The summed E-state index contributed by atoms with van der Waals surface area (Å²) in [4.78, 5) is 9.96. The van der Waals surface area contributed by atoms with E-state index in [1.54, 1.807) is 6.26 Å². The molecule has 3 aromatic carbocycles. The van der Waals surface area contributed by atoms with Gasteiger partial charge in [-0.3, -0.25) is 9.68 Å². The molecule has 0 saturated carbocycles. The molecule has 0 aromatic heterocycles. The molecule has 0 aliphatic rings. The molecule has 0 aliphatic heterocycles. The molecule has 3 nitrogen and oxygen atoms in total. The molecule has 3 rings (SSSR count). The van der Waals surface area contributed by atoms with Gasteiger partial charge in [-0.1, -0.05) is 141 Å². The van der Waals surface area contributed by atoms with Crippen LogP contribution in [0.1, 0.15) is 128 Å². The lowest BCUT2D eigenvalue weighted by molar-refractivity contribution is -0.159. The summed E-state index contributed by atoms with van der Waals surface area (Å²) in [6, 6.07) is 22.9. The lowest BCUT2D eigenvalue weighted by atomic mass is 9.69. The van der Waals surface area contributed by atoms with Crippen LogP contribution in [-0.4, -0.2) is 13.4 Å². The topological polar surface area (TPSA) is 30.5 Å². The van der Waals surface area contributed by atoms with Gasteiger partial charge in [-0.2, -0.15) is 12.6 Å². The number of thiol groups is 1. The Morgan fingerprint density at radius 2 is 1.29 bits per heavy atom. The first-order valence-electron chi connectivity index (χ1n) is 17.3. The van der Waals surface area contributed by atoms with E-state index in [1.165, 1.54) is 71.7 Å². The van der Waals surface area contributed by atoms with Crippen molar-refractivity contribution in [3.63, 3.8) is 0 Å². The smallest absolute Gasteiger partial charge is 0.0959 e. The van der Waals surface area contributed by atoms with E-state index < -0.39 is 0 Å². The van der Waals surface area contributed by atoms with Crippen LogP contribution in [0.3, 0.4) is 0 Å². The molecule has 0 saturated heterocycles. The standard InChI is InChI=1S/C34H47NO2.C4H10.C2H6.CH4S/c1-8-11-25(4)12-15-29-18-19-31(22-26(29)5)34(9-2,10-3)32-20-21-33(27(6)23-32)30-16-13-28(14-17-30)24-37-35-36-7;1-4(2)3;2*1-2/h13-14,16-23,25,35H,8-12,15,24H2,1-7H3;4H,1-3H3;1-2H3;2H,1H3. The summed E-state index contributed by atoms with van der Waals surface area (Å²) >= 11 is 3.53. The molecule has 4 heteroatoms. The molecule has 254 valence electrons. The molecule has 0 bridgehead atoms. The molecular weight excluding hydrogens is 571 g/mol. The highest BCUT2D eigenvalue weighted by molar-refractivity contribution is 7.79. The monoisotopic (exact) mass is 637 g/mol. The number of hydrogen-bond acceptors (Lipinski definition) is 4. The summed E-state index contributed by atoms with van der Waals surface area (Å²) < 4.78 is 0. The summed E-state index contributed by atoms with van der Waals surface area (Å²) in [5.74, 6) is 1.63. The lowest BCUT2D eigenvalue weighted by Crippen LogP contribution is -2.26. The first-order chi connectivity index (χ1) is 21.6. The fourth-order valence-electron chi connectivity index (χ4n) is 5.78. The normalized spacial score (nSPS) is 11.4. The predicted octanol–water partition coefficient (Wildman–Crippen LogP) is 12.3. The zero-order valence-electron chi connectivity index (χ0n) is 31.1. The number of benzene rings is 3. The molecule has 3 aromatic rings. The number of aryl methyl sites for hydroxylation is 3. The third-order valence-electron chi connectivity index (χ3n) is 8.22. The van der Waals surface area contributed by atoms with E-state index in [-0.39, 0.29) is 5.41 Å². The molecule has 45 heavy (non-hydrogen) atoms. The van der Waals surface area contributed by atoms with Crippen molar-refractivity contribution in [2.45, 2.75) is 127 Å². The zero-order chi connectivity index (χ0) is 34.4. The average Bonchev–Trinajstić information content (AvgIpc) is 3.04. The summed E-state index contributed by atoms with van der Waals surface area (Å²) in [5, 5.41) is 0. The Balaban J connectivity index is 0.00000220. The predicted molar refractivity (Wildman–Crippen MR) is 203 cm³/mol. The van der Waals surface area contributed by atoms with Crippen LogP contribution in [-0.2, 0) is 28.1 Å². The fraction of sp³-hybridized carbons (Fsp3) is 0.561. The van der Waals surface area contributed by atoms with Gasteiger partial charge in [0.1, 0.15) is 0 Å². The highest BCUT2D eigenvalue weighted by Gasteiger charge is 2.31. The van der Waals surface area contributed by atoms with Crippen LogP contribution in [0.5, 0.6) is 0 Å². The van der Waals surface area contributed by atoms with Gasteiger partial charge in [0.25, 0.3) is 0 Å². The van der Waals surface area contributed by atoms with E-state index in [9.17, 15) is 0 Å². The lowest BCUT2D eigenvalue weighted by Gasteiger charge is -2.34. The maximum Gasteiger partial charge on any atom is 0.0959 e. The maximum atomic E-state index is 5.24. The van der Waals surface area contributed by atoms with Crippen molar-refractivity contribution in [1.82, 2.24) is 5.64 Å². The largest absolute Gasteiger partial charge is 0.280 e. The molecule has 1 unspecified atom stereocenters. The average molecular weight is 638 g/mol. The third kappa shape index (κ3) is 14.0. The Hall–Kier alpha value is -2.11. The first kappa shape index (κ1) is 42.9. The van der Waals surface area contributed by atoms with Crippen LogP contribution in [0.4, 0.5) is 0 Å². The van der Waals surface area contributed by atoms with E-state index in [1.807, 2.05) is 13.8 Å². The maximum absolute atomic E-state index is 5.24. The minimum absolute atomic E-state index is 0.0254. The van der Waals surface area contributed by atoms with Crippen molar-refractivity contribution in [3.8, 4) is 11.1 Å². The van der Waals surface area contributed by atoms with Gasteiger partial charge < -0.3 is 0 Å². The minimum Gasteiger partial charge on any atom is -0.280 e. The van der Waals surface area contributed by atoms with Crippen LogP contribution < -0.4 is 5.64 Å². The van der Waals surface area contributed by atoms with Crippen LogP contribution in [0.25, 0.3) is 11.1 Å². The second kappa shape index (κ2) is 24.1. The quantitative estimate of drug-likeness (QED) is 0.105. The van der Waals surface area contributed by atoms with Crippen molar-refractivity contribution in [3.05, 3.63) is 94.0 Å². The van der Waals surface area contributed by atoms with E-state index >= 15 is 0 Å². The highest BCUT2D eigenvalue weighted by atomic mass is 32.1. The number of nitrogens with one attached hydrogen (secondary N) is 1. The molecule has 1 N–H and O–H groups in total. The second-order valence-corrected chi connectivity index (χ2v) is 12.4. The van der Waals surface area contributed by atoms with Gasteiger partial charge in [-0.05, 0) is 102 Å². The van der Waals surface area contributed by atoms with Crippen molar-refractivity contribution in [1.29, 1.82) is 0 Å². The van der Waals surface area contributed by atoms with Gasteiger partial charge in [-0.25, -0.2) is 0 Å². The summed E-state index contributed by atoms with van der Waals surface area (Å²) in [7, 11) is 1.54. The van der Waals surface area contributed by atoms with Gasteiger partial charge in [0, 0.05) is 5.41 Å². The van der Waals surface area contributed by atoms with Crippen LogP contribution in [0, 0.1) is 25.7 Å². The van der Waals surface area contributed by atoms with Crippen molar-refractivity contribution in [2.24, 2.45) is 11.8 Å². The van der Waals surface area contributed by atoms with Crippen LogP contribution in [0.15, 0.2) is 60.7 Å². The van der Waals surface area contributed by atoms with Crippen LogP contribution >= 0.6 is 12.6 Å². The summed E-state index contributed by atoms with van der Waals surface area (Å²) in [5.41, 5.74) is 13.2. The Labute approximate surface area is 284 Å². The number of rotatable bonds is 14. The van der Waals surface area contributed by atoms with Gasteiger partial charge >= 0.3 is 0 Å². The molecule has 0 heterocycles. The Morgan fingerprint density at radius 3 is 1.76 bits per heavy atom. The molecule has 0 radical (unpaired) electrons. The molecular formula is C41H67NO2S. The molecule has 0 fully saturated rings. The Bertz CT molecular complexity index is 1170. The summed E-state index contributed by atoms with van der Waals surface area (Å²) in [6.45, 7) is 24.8. The van der Waals surface area contributed by atoms with Crippen molar-refractivity contribution >= 4 is 12.6 Å². The van der Waals surface area contributed by atoms with E-state index in [4.69, 9.17) is 9.68 Å². The molecule has 0 spiro atoms. The van der Waals surface area contributed by atoms with Gasteiger partial charge in [0.05, 0.1) is 13.7 Å². The Kier molecular flexibility index (Phi) is 23.0. The van der Waals surface area contributed by atoms with Gasteiger partial charge in [0.2, 0.25) is 0 Å².